The van der Waals surface area contributed by atoms with Crippen molar-refractivity contribution in [1.29, 1.82) is 0 Å². The summed E-state index contributed by atoms with van der Waals surface area (Å²) in [7, 11) is 1.37. The van der Waals surface area contributed by atoms with Gasteiger partial charge in [0.2, 0.25) is 0 Å². The van der Waals surface area contributed by atoms with Crippen LogP contribution in [0.5, 0.6) is 0 Å². The molecule has 0 spiro atoms. The van der Waals surface area contributed by atoms with Crippen molar-refractivity contribution in [3.63, 3.8) is 0 Å². The van der Waals surface area contributed by atoms with E-state index in [-0.39, 0.29) is 30.4 Å². The molecule has 5 nitrogen and oxygen atoms in total. The van der Waals surface area contributed by atoms with Crippen LogP contribution in [-0.2, 0) is 19.1 Å². The molecule has 0 amide bonds. The highest BCUT2D eigenvalue weighted by Gasteiger charge is 2.26. The Kier molecular flexibility index (Phi) is 7.54. The Morgan fingerprint density at radius 1 is 1.24 bits per heavy atom. The van der Waals surface area contributed by atoms with E-state index in [1.807, 2.05) is 18.7 Å². The van der Waals surface area contributed by atoms with E-state index >= 15 is 0 Å². The van der Waals surface area contributed by atoms with Crippen LogP contribution in [0.15, 0.2) is 0 Å². The van der Waals surface area contributed by atoms with Gasteiger partial charge in [0.15, 0.2) is 0 Å². The Balaban J connectivity index is 4.43. The van der Waals surface area contributed by atoms with Crippen LogP contribution in [0.4, 0.5) is 0 Å². The molecule has 100 valence electrons. The topological polar surface area (TPSA) is 55.8 Å². The third-order valence-electron chi connectivity index (χ3n) is 2.92. The zero-order valence-electron chi connectivity index (χ0n) is 11.4. The SMILES string of the molecule is CCOC(=O)CN(CC)C(C)C(C)C(=O)OC. The molecular formula is C12H23NO4. The monoisotopic (exact) mass is 245 g/mol. The lowest BCUT2D eigenvalue weighted by Gasteiger charge is -2.29. The molecule has 5 heteroatoms. The maximum Gasteiger partial charge on any atom is 0.320 e. The molecular weight excluding hydrogens is 222 g/mol. The fourth-order valence-corrected chi connectivity index (χ4v) is 1.62. The van der Waals surface area contributed by atoms with E-state index in [9.17, 15) is 9.59 Å². The first-order valence-corrected chi connectivity index (χ1v) is 5.95. The Bertz CT molecular complexity index is 255. The van der Waals surface area contributed by atoms with Gasteiger partial charge in [-0.15, -0.1) is 0 Å². The van der Waals surface area contributed by atoms with Gasteiger partial charge in [-0.05, 0) is 20.4 Å². The molecule has 0 bridgehead atoms. The van der Waals surface area contributed by atoms with E-state index in [1.165, 1.54) is 7.11 Å². The van der Waals surface area contributed by atoms with E-state index in [2.05, 4.69) is 0 Å². The van der Waals surface area contributed by atoms with E-state index in [0.29, 0.717) is 13.2 Å². The molecule has 0 saturated heterocycles. The summed E-state index contributed by atoms with van der Waals surface area (Å²) < 4.78 is 9.59. The molecule has 0 aliphatic heterocycles. The number of hydrogen-bond donors (Lipinski definition) is 0. The maximum atomic E-state index is 11.4. The molecule has 17 heavy (non-hydrogen) atoms. The number of nitrogens with zero attached hydrogens (tertiary/aromatic N) is 1. The van der Waals surface area contributed by atoms with E-state index in [1.54, 1.807) is 13.8 Å². The van der Waals surface area contributed by atoms with E-state index < -0.39 is 0 Å². The van der Waals surface area contributed by atoms with Crippen LogP contribution in [0.1, 0.15) is 27.7 Å². The summed E-state index contributed by atoms with van der Waals surface area (Å²) in [6.07, 6.45) is 0. The second-order valence-corrected chi connectivity index (χ2v) is 3.92. The standard InChI is InChI=1S/C12H23NO4/c1-6-13(8-11(14)17-7-2)10(4)9(3)12(15)16-5/h9-10H,6-8H2,1-5H3. The third kappa shape index (κ3) is 5.17. The predicted molar refractivity (Wildman–Crippen MR) is 64.5 cm³/mol. The molecule has 0 rings (SSSR count). The van der Waals surface area contributed by atoms with Crippen molar-refractivity contribution in [1.82, 2.24) is 4.90 Å². The van der Waals surface area contributed by atoms with Crippen LogP contribution in [0, 0.1) is 5.92 Å². The second kappa shape index (κ2) is 8.06. The number of methoxy groups -OCH3 is 1. The molecule has 0 aromatic heterocycles. The summed E-state index contributed by atoms with van der Waals surface area (Å²) in [5.74, 6) is -0.799. The Morgan fingerprint density at radius 2 is 1.82 bits per heavy atom. The summed E-state index contributed by atoms with van der Waals surface area (Å²) in [6.45, 7) is 8.68. The minimum absolute atomic E-state index is 0.0585. The fraction of sp³-hybridized carbons (Fsp3) is 0.833. The second-order valence-electron chi connectivity index (χ2n) is 3.92. The van der Waals surface area contributed by atoms with Crippen LogP contribution in [0.2, 0.25) is 0 Å². The number of hydrogen-bond acceptors (Lipinski definition) is 5. The molecule has 0 heterocycles. The molecule has 2 unspecified atom stereocenters. The molecule has 2 atom stereocenters. The smallest absolute Gasteiger partial charge is 0.320 e. The van der Waals surface area contributed by atoms with Crippen molar-refractivity contribution >= 4 is 11.9 Å². The number of rotatable bonds is 7. The van der Waals surface area contributed by atoms with Crippen molar-refractivity contribution in [3.8, 4) is 0 Å². The first kappa shape index (κ1) is 15.9. The average molecular weight is 245 g/mol. The zero-order chi connectivity index (χ0) is 13.4. The summed E-state index contributed by atoms with van der Waals surface area (Å²) in [4.78, 5) is 24.7. The number of likely N-dealkylation sites (N-methyl/N-ethyl adjacent to an activating group) is 1. The van der Waals surface area contributed by atoms with Crippen LogP contribution in [0.25, 0.3) is 0 Å². The average Bonchev–Trinajstić information content (AvgIpc) is 2.33. The van der Waals surface area contributed by atoms with Gasteiger partial charge in [-0.3, -0.25) is 14.5 Å². The zero-order valence-corrected chi connectivity index (χ0v) is 11.4. The van der Waals surface area contributed by atoms with Crippen LogP contribution in [-0.4, -0.2) is 49.7 Å². The van der Waals surface area contributed by atoms with Crippen molar-refractivity contribution in [2.75, 3.05) is 26.8 Å². The lowest BCUT2D eigenvalue weighted by molar-refractivity contribution is -0.150. The van der Waals surface area contributed by atoms with Gasteiger partial charge in [-0.25, -0.2) is 0 Å². The van der Waals surface area contributed by atoms with Crippen molar-refractivity contribution in [3.05, 3.63) is 0 Å². The van der Waals surface area contributed by atoms with E-state index in [0.717, 1.165) is 0 Å². The number of esters is 2. The Labute approximate surface area is 103 Å². The minimum atomic E-state index is -0.269. The third-order valence-corrected chi connectivity index (χ3v) is 2.92. The van der Waals surface area contributed by atoms with Gasteiger partial charge >= 0.3 is 11.9 Å². The van der Waals surface area contributed by atoms with Crippen molar-refractivity contribution < 1.29 is 19.1 Å². The van der Waals surface area contributed by atoms with Crippen LogP contribution < -0.4 is 0 Å². The summed E-state index contributed by atoms with van der Waals surface area (Å²) in [5.41, 5.74) is 0. The largest absolute Gasteiger partial charge is 0.469 e. The Hall–Kier alpha value is -1.10. The van der Waals surface area contributed by atoms with Gasteiger partial charge in [0.05, 0.1) is 26.2 Å². The van der Waals surface area contributed by atoms with Gasteiger partial charge in [-0.2, -0.15) is 0 Å². The first-order chi connectivity index (χ1) is 7.97. The maximum absolute atomic E-state index is 11.4. The predicted octanol–water partition coefficient (Wildman–Crippen LogP) is 1.07. The van der Waals surface area contributed by atoms with Crippen LogP contribution in [0.3, 0.4) is 0 Å². The Morgan fingerprint density at radius 3 is 2.24 bits per heavy atom. The molecule has 0 fully saturated rings. The first-order valence-electron chi connectivity index (χ1n) is 5.95. The highest BCUT2D eigenvalue weighted by atomic mass is 16.5. The van der Waals surface area contributed by atoms with E-state index in [4.69, 9.17) is 9.47 Å². The molecule has 0 aromatic carbocycles. The normalized spacial score (nSPS) is 14.2. The van der Waals surface area contributed by atoms with Crippen molar-refractivity contribution in [2.24, 2.45) is 5.92 Å². The lowest BCUT2D eigenvalue weighted by atomic mass is 10.0. The fourth-order valence-electron chi connectivity index (χ4n) is 1.62. The highest BCUT2D eigenvalue weighted by Crippen LogP contribution is 2.12. The summed E-state index contributed by atoms with van der Waals surface area (Å²) in [6, 6.07) is -0.0585. The van der Waals surface area contributed by atoms with Gasteiger partial charge in [0.25, 0.3) is 0 Å². The summed E-state index contributed by atoms with van der Waals surface area (Å²) >= 11 is 0. The highest BCUT2D eigenvalue weighted by molar-refractivity contribution is 5.73. The quantitative estimate of drug-likeness (QED) is 0.628. The number of carbonyl (C=O) groups is 2. The molecule has 0 N–H and O–H groups in total. The number of carbonyl (C=O) groups excluding carboxylic acids is 2. The molecule has 0 aromatic rings. The molecule has 0 saturated carbocycles. The van der Waals surface area contributed by atoms with Gasteiger partial charge in [0.1, 0.15) is 0 Å². The molecule has 0 aliphatic carbocycles. The van der Waals surface area contributed by atoms with Gasteiger partial charge in [-0.1, -0.05) is 13.8 Å². The van der Waals surface area contributed by atoms with Gasteiger partial charge in [0, 0.05) is 6.04 Å². The van der Waals surface area contributed by atoms with Gasteiger partial charge < -0.3 is 9.47 Å². The summed E-state index contributed by atoms with van der Waals surface area (Å²) in [5, 5.41) is 0. The number of ether oxygens (including phenoxy) is 2. The van der Waals surface area contributed by atoms with Crippen molar-refractivity contribution in [2.45, 2.75) is 33.7 Å². The minimum Gasteiger partial charge on any atom is -0.469 e. The molecule has 0 radical (unpaired) electrons. The molecule has 0 aliphatic rings. The van der Waals surface area contributed by atoms with Crippen LogP contribution >= 0.6 is 0 Å². The lowest BCUT2D eigenvalue weighted by Crippen LogP contribution is -2.43.